The molecule has 0 radical (unpaired) electrons. The zero-order chi connectivity index (χ0) is 36.0. The first-order valence-electron chi connectivity index (χ1n) is 17.7. The molecule has 2 aliphatic rings. The predicted octanol–water partition coefficient (Wildman–Crippen LogP) is 6.06. The average Bonchev–Trinajstić information content (AvgIpc) is 3.80. The number of nitrogens with zero attached hydrogens (tertiary/aromatic N) is 5. The number of amides is 1. The number of carbonyl (C=O) groups excluding carboxylic acids is 1. The first-order valence-corrected chi connectivity index (χ1v) is 17.7. The van der Waals surface area contributed by atoms with Crippen molar-refractivity contribution < 1.29 is 28.5 Å². The summed E-state index contributed by atoms with van der Waals surface area (Å²) >= 11 is 0. The quantitative estimate of drug-likeness (QED) is 0.146. The Morgan fingerprint density at radius 1 is 0.942 bits per heavy atom. The number of hydrogen-bond acceptors (Lipinski definition) is 10. The molecule has 0 spiro atoms. The molecule has 12 nitrogen and oxygen atoms in total. The molecule has 2 aliphatic heterocycles. The lowest BCUT2D eigenvalue weighted by Crippen LogP contribution is -2.40. The summed E-state index contributed by atoms with van der Waals surface area (Å²) in [5, 5.41) is 3.77. The number of piperidine rings is 1. The van der Waals surface area contributed by atoms with Crippen LogP contribution in [0.3, 0.4) is 0 Å². The van der Waals surface area contributed by atoms with E-state index in [0.29, 0.717) is 41.9 Å². The van der Waals surface area contributed by atoms with E-state index in [1.807, 2.05) is 37.5 Å². The second-order valence-electron chi connectivity index (χ2n) is 13.3. The third-order valence-corrected chi connectivity index (χ3v) is 10.0. The van der Waals surface area contributed by atoms with Gasteiger partial charge in [-0.3, -0.25) is 9.78 Å². The van der Waals surface area contributed by atoms with Gasteiger partial charge in [0.1, 0.15) is 0 Å². The molecule has 1 saturated heterocycles. The number of para-hydroxylation sites is 2. The highest BCUT2D eigenvalue weighted by atomic mass is 16.7. The standard InChI is InChI=1S/C40H46N6O6/c1-44(39(47)29-22-36(48-2)38(50-4)37(23-29)49-3)24-28(27-12-13-34-35(21-27)52-26-51-34)14-18-45-19-15-30(16-20-45)42-40-43-32-10-5-6-11-33(32)46(40)25-31-9-7-8-17-41-31/h5-13,17,21-23,28,30H,14-16,18-20,24-26H2,1-4H3,(H,42,43). The van der Waals surface area contributed by atoms with Crippen LogP contribution in [-0.4, -0.2) is 97.6 Å². The number of rotatable bonds is 14. The normalized spacial score (nSPS) is 15.0. The molecular weight excluding hydrogens is 660 g/mol. The van der Waals surface area contributed by atoms with E-state index >= 15 is 0 Å². The van der Waals surface area contributed by atoms with Crippen molar-refractivity contribution in [2.75, 3.05) is 66.7 Å². The third-order valence-electron chi connectivity index (χ3n) is 10.0. The Labute approximate surface area is 304 Å². The van der Waals surface area contributed by atoms with E-state index in [0.717, 1.165) is 78.6 Å². The number of ether oxygens (including phenoxy) is 5. The Balaban J connectivity index is 1.02. The van der Waals surface area contributed by atoms with E-state index in [2.05, 4.69) is 56.2 Å². The number of carbonyl (C=O) groups is 1. The van der Waals surface area contributed by atoms with E-state index in [-0.39, 0.29) is 18.6 Å². The maximum Gasteiger partial charge on any atom is 0.253 e. The number of methoxy groups -OCH3 is 3. The fourth-order valence-corrected chi connectivity index (χ4v) is 7.19. The van der Waals surface area contributed by atoms with Crippen molar-refractivity contribution in [1.82, 2.24) is 24.3 Å². The van der Waals surface area contributed by atoms with Crippen LogP contribution < -0.4 is 29.0 Å². The molecule has 5 aromatic rings. The second kappa shape index (κ2) is 15.8. The Morgan fingerprint density at radius 3 is 2.42 bits per heavy atom. The maximum absolute atomic E-state index is 13.8. The van der Waals surface area contributed by atoms with Crippen molar-refractivity contribution in [3.63, 3.8) is 0 Å². The monoisotopic (exact) mass is 706 g/mol. The summed E-state index contributed by atoms with van der Waals surface area (Å²) in [4.78, 5) is 27.6. The van der Waals surface area contributed by atoms with Crippen LogP contribution in [-0.2, 0) is 6.54 Å². The van der Waals surface area contributed by atoms with E-state index < -0.39 is 0 Å². The number of pyridine rings is 1. The molecule has 1 N–H and O–H groups in total. The molecule has 1 unspecified atom stereocenters. The van der Waals surface area contributed by atoms with Crippen molar-refractivity contribution in [3.8, 4) is 28.7 Å². The van der Waals surface area contributed by atoms with Crippen molar-refractivity contribution in [1.29, 1.82) is 0 Å². The summed E-state index contributed by atoms with van der Waals surface area (Å²) in [5.41, 5.74) is 4.64. The van der Waals surface area contributed by atoms with E-state index in [9.17, 15) is 4.79 Å². The zero-order valence-electron chi connectivity index (χ0n) is 30.2. The molecule has 0 bridgehead atoms. The molecule has 3 aromatic carbocycles. The maximum atomic E-state index is 13.8. The van der Waals surface area contributed by atoms with Crippen LogP contribution in [0.15, 0.2) is 79.0 Å². The van der Waals surface area contributed by atoms with E-state index in [4.69, 9.17) is 28.7 Å². The van der Waals surface area contributed by atoms with Crippen LogP contribution in [0.2, 0.25) is 0 Å². The van der Waals surface area contributed by atoms with Crippen LogP contribution in [0.1, 0.15) is 46.8 Å². The van der Waals surface area contributed by atoms with E-state index in [1.165, 1.54) is 0 Å². The molecule has 12 heteroatoms. The highest BCUT2D eigenvalue weighted by molar-refractivity contribution is 5.95. The van der Waals surface area contributed by atoms with Gasteiger partial charge in [-0.25, -0.2) is 4.98 Å². The molecule has 52 heavy (non-hydrogen) atoms. The van der Waals surface area contributed by atoms with Crippen molar-refractivity contribution >= 4 is 22.9 Å². The fourth-order valence-electron chi connectivity index (χ4n) is 7.19. The molecule has 272 valence electrons. The van der Waals surface area contributed by atoms with Gasteiger partial charge in [-0.05, 0) is 79.9 Å². The summed E-state index contributed by atoms with van der Waals surface area (Å²) in [6, 6.07) is 24.1. The second-order valence-corrected chi connectivity index (χ2v) is 13.3. The summed E-state index contributed by atoms with van der Waals surface area (Å²) in [5.74, 6) is 3.62. The first-order chi connectivity index (χ1) is 25.4. The third kappa shape index (κ3) is 7.57. The van der Waals surface area contributed by atoms with Gasteiger partial charge >= 0.3 is 0 Å². The minimum absolute atomic E-state index is 0.0628. The lowest BCUT2D eigenvalue weighted by Gasteiger charge is -2.34. The number of anilines is 1. The Hall–Kier alpha value is -5.49. The molecule has 7 rings (SSSR count). The van der Waals surface area contributed by atoms with Gasteiger partial charge in [-0.2, -0.15) is 0 Å². The van der Waals surface area contributed by atoms with Gasteiger partial charge in [-0.15, -0.1) is 0 Å². The van der Waals surface area contributed by atoms with Crippen molar-refractivity contribution in [3.05, 3.63) is 95.8 Å². The summed E-state index contributed by atoms with van der Waals surface area (Å²) in [7, 11) is 6.48. The summed E-state index contributed by atoms with van der Waals surface area (Å²) < 4.78 is 30.0. The summed E-state index contributed by atoms with van der Waals surface area (Å²) in [6.45, 7) is 4.21. The minimum atomic E-state index is -0.133. The highest BCUT2D eigenvalue weighted by Crippen LogP contribution is 2.39. The molecular formula is C40H46N6O6. The molecule has 4 heterocycles. The molecule has 1 fully saturated rings. The number of likely N-dealkylation sites (tertiary alicyclic amines) is 1. The largest absolute Gasteiger partial charge is 0.493 e. The lowest BCUT2D eigenvalue weighted by molar-refractivity contribution is 0.0781. The number of hydrogen-bond donors (Lipinski definition) is 1. The number of aromatic nitrogens is 3. The lowest BCUT2D eigenvalue weighted by atomic mass is 9.93. The predicted molar refractivity (Wildman–Crippen MR) is 199 cm³/mol. The topological polar surface area (TPSA) is 112 Å². The Kier molecular flexibility index (Phi) is 10.6. The SMILES string of the molecule is COc1cc(C(=O)N(C)CC(CCN2CCC(Nc3nc4ccccc4n3Cc3ccccn3)CC2)c2ccc3c(c2)OCO3)cc(OC)c1OC. The molecule has 2 aromatic heterocycles. The number of nitrogens with one attached hydrogen (secondary N) is 1. The van der Waals surface area contributed by atoms with Crippen LogP contribution >= 0.6 is 0 Å². The number of likely N-dealkylation sites (N-methyl/N-ethyl adjacent to an activating group) is 1. The van der Waals surface area contributed by atoms with Gasteiger partial charge in [0.25, 0.3) is 5.91 Å². The van der Waals surface area contributed by atoms with Gasteiger partial charge in [0.15, 0.2) is 23.0 Å². The number of benzene rings is 3. The van der Waals surface area contributed by atoms with Crippen molar-refractivity contribution in [2.45, 2.75) is 37.8 Å². The van der Waals surface area contributed by atoms with Crippen LogP contribution in [0.4, 0.5) is 5.95 Å². The number of fused-ring (bicyclic) bond motifs is 2. The van der Waals surface area contributed by atoms with Gasteiger partial charge < -0.3 is 43.4 Å². The molecule has 0 aliphatic carbocycles. The van der Waals surface area contributed by atoms with E-state index in [1.54, 1.807) is 38.4 Å². The smallest absolute Gasteiger partial charge is 0.253 e. The van der Waals surface area contributed by atoms with Gasteiger partial charge in [0, 0.05) is 50.4 Å². The highest BCUT2D eigenvalue weighted by Gasteiger charge is 2.26. The van der Waals surface area contributed by atoms with Crippen LogP contribution in [0.25, 0.3) is 11.0 Å². The van der Waals surface area contributed by atoms with Gasteiger partial charge in [0.2, 0.25) is 18.5 Å². The fraction of sp³-hybridized carbons (Fsp3) is 0.375. The van der Waals surface area contributed by atoms with Crippen LogP contribution in [0.5, 0.6) is 28.7 Å². The van der Waals surface area contributed by atoms with Crippen molar-refractivity contribution in [2.24, 2.45) is 0 Å². The molecule has 1 amide bonds. The molecule has 0 saturated carbocycles. The number of imidazole rings is 1. The zero-order valence-corrected chi connectivity index (χ0v) is 30.2. The summed E-state index contributed by atoms with van der Waals surface area (Å²) in [6.07, 6.45) is 4.70. The Morgan fingerprint density at radius 2 is 1.69 bits per heavy atom. The average molecular weight is 707 g/mol. The first kappa shape index (κ1) is 34.9. The van der Waals surface area contributed by atoms with Gasteiger partial charge in [0.05, 0.1) is 44.6 Å². The van der Waals surface area contributed by atoms with Crippen LogP contribution in [0, 0.1) is 0 Å². The molecule has 1 atom stereocenters. The Bertz CT molecular complexity index is 1970. The van der Waals surface area contributed by atoms with Gasteiger partial charge in [-0.1, -0.05) is 24.3 Å². The minimum Gasteiger partial charge on any atom is -0.493 e.